The van der Waals surface area contributed by atoms with Gasteiger partial charge in [0.25, 0.3) is 7.82 Å². The molecule has 0 saturated heterocycles. The molecule has 0 aliphatic carbocycles. The van der Waals surface area contributed by atoms with Gasteiger partial charge in [0.15, 0.2) is 0 Å². The summed E-state index contributed by atoms with van der Waals surface area (Å²) >= 11 is 0. The molecular weight excluding hydrogens is 475 g/mol. The van der Waals surface area contributed by atoms with Gasteiger partial charge in [0.1, 0.15) is 12.3 Å². The van der Waals surface area contributed by atoms with Crippen molar-refractivity contribution >= 4 is 41.4 Å². The zero-order chi connectivity index (χ0) is 25.9. The van der Waals surface area contributed by atoms with Crippen LogP contribution in [0.1, 0.15) is 25.0 Å². The minimum Gasteiger partial charge on any atom is -0.756 e. The summed E-state index contributed by atoms with van der Waals surface area (Å²) in [6.45, 7) is 5.85. The molecule has 7 nitrogen and oxygen atoms in total. The molecule has 36 heavy (non-hydrogen) atoms. The van der Waals surface area contributed by atoms with Crippen molar-refractivity contribution < 1.29 is 28.6 Å². The van der Waals surface area contributed by atoms with Gasteiger partial charge in [-0.1, -0.05) is 24.3 Å². The number of phosphoric acid groups is 1. The van der Waals surface area contributed by atoms with Crippen LogP contribution >= 0.6 is 7.82 Å². The average molecular weight is 505 g/mol. The Kier molecular flexibility index (Phi) is 7.57. The predicted molar refractivity (Wildman–Crippen MR) is 142 cm³/mol. The van der Waals surface area contributed by atoms with E-state index in [-0.39, 0.29) is 0 Å². The van der Waals surface area contributed by atoms with E-state index in [1.165, 1.54) is 33.3 Å². The summed E-state index contributed by atoms with van der Waals surface area (Å²) < 4.78 is 16.8. The summed E-state index contributed by atoms with van der Waals surface area (Å²) in [4.78, 5) is 25.1. The van der Waals surface area contributed by atoms with Crippen molar-refractivity contribution in [2.45, 2.75) is 13.8 Å². The highest BCUT2D eigenvalue weighted by Crippen LogP contribution is 2.37. The number of benzene rings is 4. The van der Waals surface area contributed by atoms with Gasteiger partial charge < -0.3 is 24.3 Å². The van der Waals surface area contributed by atoms with E-state index in [2.05, 4.69) is 96.2 Å². The third kappa shape index (κ3) is 5.50. The Hall–Kier alpha value is -3.48. The van der Waals surface area contributed by atoms with Crippen LogP contribution in [0.3, 0.4) is 0 Å². The molecule has 1 aliphatic heterocycles. The summed E-state index contributed by atoms with van der Waals surface area (Å²) in [5.41, 5.74) is 7.46. The standard InChI is InChI=1S/C28H27N2O.H3O4P/c1-4-30-26-11-7-9-20-8-6-10-25(27(20)26)28(30)21-12-14-22(15-13-21)29(3)23-16-18-24(19-17-23)31-5-2;1-5(2,3)4/h6-19H,4-5H2,1-3H3;(H3,1,2,3,4)/q+1;/p-1. The van der Waals surface area contributed by atoms with Crippen LogP contribution in [0.25, 0.3) is 10.8 Å². The van der Waals surface area contributed by atoms with E-state index in [9.17, 15) is 0 Å². The van der Waals surface area contributed by atoms with Gasteiger partial charge in [0.05, 0.1) is 17.6 Å². The SMILES string of the molecule is CCOc1ccc(N(C)c2ccc(C3=[N+](CC)c4cccc5cccc3c45)cc2)cc1.O=P([O-])(O)O. The lowest BCUT2D eigenvalue weighted by atomic mass is 9.98. The Balaban J connectivity index is 0.000000556. The molecule has 4 aromatic carbocycles. The number of rotatable bonds is 6. The largest absolute Gasteiger partial charge is 0.756 e. The number of ether oxygens (including phenoxy) is 1. The molecular formula is C28H29N2O5P. The second kappa shape index (κ2) is 10.6. The Bertz CT molecular complexity index is 1430. The fourth-order valence-corrected chi connectivity index (χ4v) is 4.57. The molecule has 0 unspecified atom stereocenters. The molecule has 0 aromatic heterocycles. The molecule has 0 saturated carbocycles. The van der Waals surface area contributed by atoms with Crippen LogP contribution in [0, 0.1) is 0 Å². The van der Waals surface area contributed by atoms with E-state index in [4.69, 9.17) is 24.0 Å². The van der Waals surface area contributed by atoms with Crippen LogP contribution in [0.2, 0.25) is 0 Å². The Morgan fingerprint density at radius 3 is 2.00 bits per heavy atom. The van der Waals surface area contributed by atoms with E-state index in [0.717, 1.165) is 23.7 Å². The van der Waals surface area contributed by atoms with Crippen molar-refractivity contribution in [3.8, 4) is 5.75 Å². The van der Waals surface area contributed by atoms with Crippen molar-refractivity contribution in [1.29, 1.82) is 0 Å². The number of anilines is 2. The smallest absolute Gasteiger partial charge is 0.262 e. The van der Waals surface area contributed by atoms with Gasteiger partial charge in [-0.2, -0.15) is 4.58 Å². The van der Waals surface area contributed by atoms with Crippen molar-refractivity contribution in [1.82, 2.24) is 0 Å². The lowest BCUT2D eigenvalue weighted by molar-refractivity contribution is -0.431. The normalized spacial score (nSPS) is 12.4. The molecule has 1 aliphatic rings. The quantitative estimate of drug-likeness (QED) is 0.285. The zero-order valence-corrected chi connectivity index (χ0v) is 21.4. The Morgan fingerprint density at radius 2 is 1.44 bits per heavy atom. The lowest BCUT2D eigenvalue weighted by Gasteiger charge is -2.20. The zero-order valence-electron chi connectivity index (χ0n) is 20.5. The van der Waals surface area contributed by atoms with Crippen LogP contribution < -0.4 is 14.5 Å². The summed E-state index contributed by atoms with van der Waals surface area (Å²) in [6.07, 6.45) is 0. The fraction of sp³-hybridized carbons (Fsp3) is 0.179. The minimum absolute atomic E-state index is 0.682. The first-order chi connectivity index (χ1) is 17.2. The van der Waals surface area contributed by atoms with Gasteiger partial charge in [-0.05, 0) is 73.8 Å². The molecule has 0 radical (unpaired) electrons. The van der Waals surface area contributed by atoms with Gasteiger partial charge in [-0.25, -0.2) is 0 Å². The van der Waals surface area contributed by atoms with Gasteiger partial charge in [-0.15, -0.1) is 0 Å². The second-order valence-corrected chi connectivity index (χ2v) is 9.28. The second-order valence-electron chi connectivity index (χ2n) is 8.30. The van der Waals surface area contributed by atoms with Crippen LogP contribution in [-0.4, -0.2) is 40.3 Å². The third-order valence-corrected chi connectivity index (χ3v) is 6.08. The van der Waals surface area contributed by atoms with E-state index < -0.39 is 7.82 Å². The van der Waals surface area contributed by atoms with Gasteiger partial charge in [-0.3, -0.25) is 4.57 Å². The first kappa shape index (κ1) is 25.6. The maximum absolute atomic E-state index is 8.77. The third-order valence-electron chi connectivity index (χ3n) is 6.08. The number of hydrogen-bond acceptors (Lipinski definition) is 4. The molecule has 0 bridgehead atoms. The van der Waals surface area contributed by atoms with E-state index in [1.54, 1.807) is 0 Å². The van der Waals surface area contributed by atoms with Crippen molar-refractivity contribution in [3.63, 3.8) is 0 Å². The molecule has 8 heteroatoms. The van der Waals surface area contributed by atoms with E-state index >= 15 is 0 Å². The van der Waals surface area contributed by atoms with Gasteiger partial charge in [0, 0.05) is 30.1 Å². The first-order valence-corrected chi connectivity index (χ1v) is 13.2. The van der Waals surface area contributed by atoms with Crippen LogP contribution in [0.4, 0.5) is 17.1 Å². The number of nitrogens with zero attached hydrogens (tertiary/aromatic N) is 2. The average Bonchev–Trinajstić information content (AvgIpc) is 3.19. The Labute approximate surface area is 210 Å². The lowest BCUT2D eigenvalue weighted by Crippen LogP contribution is -2.15. The van der Waals surface area contributed by atoms with Crippen molar-refractivity contribution in [2.24, 2.45) is 0 Å². The molecule has 0 spiro atoms. The number of hydrogen-bond donors (Lipinski definition) is 2. The van der Waals surface area contributed by atoms with E-state index in [0.29, 0.717) is 6.61 Å². The molecule has 186 valence electrons. The Morgan fingerprint density at radius 1 is 0.889 bits per heavy atom. The summed E-state index contributed by atoms with van der Waals surface area (Å²) in [5.74, 6) is 0.904. The summed E-state index contributed by atoms with van der Waals surface area (Å²) in [5, 5.41) is 2.66. The highest BCUT2D eigenvalue weighted by Gasteiger charge is 2.31. The summed E-state index contributed by atoms with van der Waals surface area (Å²) in [7, 11) is -2.79. The van der Waals surface area contributed by atoms with Crippen LogP contribution in [0.5, 0.6) is 5.75 Å². The molecule has 5 rings (SSSR count). The molecule has 0 atom stereocenters. The monoisotopic (exact) mass is 504 g/mol. The molecule has 0 fully saturated rings. The molecule has 2 N–H and O–H groups in total. The van der Waals surface area contributed by atoms with Crippen LogP contribution in [-0.2, 0) is 4.57 Å². The molecule has 1 heterocycles. The highest BCUT2D eigenvalue weighted by atomic mass is 31.2. The van der Waals surface area contributed by atoms with Crippen LogP contribution in [0.15, 0.2) is 84.9 Å². The first-order valence-electron chi connectivity index (χ1n) is 11.7. The van der Waals surface area contributed by atoms with Gasteiger partial charge in [0.2, 0.25) is 11.4 Å². The molecule has 4 aromatic rings. The predicted octanol–water partition coefficient (Wildman–Crippen LogP) is 4.96. The minimum atomic E-state index is -4.89. The molecule has 0 amide bonds. The topological polar surface area (TPSA) is 96.1 Å². The highest BCUT2D eigenvalue weighted by molar-refractivity contribution is 7.43. The maximum Gasteiger partial charge on any atom is 0.262 e. The summed E-state index contributed by atoms with van der Waals surface area (Å²) in [6, 6.07) is 30.3. The van der Waals surface area contributed by atoms with E-state index in [1.807, 2.05) is 19.1 Å². The van der Waals surface area contributed by atoms with Crippen molar-refractivity contribution in [2.75, 3.05) is 25.1 Å². The van der Waals surface area contributed by atoms with Gasteiger partial charge >= 0.3 is 0 Å². The fourth-order valence-electron chi connectivity index (χ4n) is 4.57. The maximum atomic E-state index is 8.77. The van der Waals surface area contributed by atoms with Crippen molar-refractivity contribution in [3.05, 3.63) is 96.1 Å².